The first-order chi connectivity index (χ1) is 15.5. The summed E-state index contributed by atoms with van der Waals surface area (Å²) in [6.07, 6.45) is 3.52. The Bertz CT molecular complexity index is 1120. The summed E-state index contributed by atoms with van der Waals surface area (Å²) in [6, 6.07) is 26.8. The average molecular weight is 561 g/mol. The van der Waals surface area contributed by atoms with E-state index in [-0.39, 0.29) is 20.4 Å². The summed E-state index contributed by atoms with van der Waals surface area (Å²) in [5, 5.41) is 0. The first-order valence-corrected chi connectivity index (χ1v) is 10.8. The molecule has 0 atom stereocenters. The van der Waals surface area contributed by atoms with Crippen molar-refractivity contribution in [2.75, 3.05) is 0 Å². The predicted octanol–water partition coefficient (Wildman–Crippen LogP) is 6.25. The van der Waals surface area contributed by atoms with Gasteiger partial charge in [-0.3, -0.25) is 20.0 Å². The van der Waals surface area contributed by atoms with E-state index in [1.807, 2.05) is 98.8 Å². The molecule has 0 unspecified atom stereocenters. The standard InChI is InChI=1S/2C13H12N2S.Pd/c2*1-10(11-6-4-5-9-14-11)15-12-7-2-3-8-13(12)16;/h2*2-9,16H,1H3;/q;;+2/p-2. The monoisotopic (exact) mass is 560 g/mol. The van der Waals surface area contributed by atoms with Crippen molar-refractivity contribution in [3.8, 4) is 0 Å². The molecule has 33 heavy (non-hydrogen) atoms. The van der Waals surface area contributed by atoms with Crippen molar-refractivity contribution in [3.63, 3.8) is 0 Å². The number of hydrogen-bond donors (Lipinski definition) is 0. The van der Waals surface area contributed by atoms with Crippen molar-refractivity contribution < 1.29 is 20.4 Å². The molecule has 2 aromatic carbocycles. The maximum absolute atomic E-state index is 5.19. The van der Waals surface area contributed by atoms with Crippen molar-refractivity contribution in [2.45, 2.75) is 23.6 Å². The third kappa shape index (κ3) is 8.23. The fraction of sp³-hybridized carbons (Fsp3) is 0.0769. The van der Waals surface area contributed by atoms with Crippen LogP contribution in [0.3, 0.4) is 0 Å². The molecule has 168 valence electrons. The summed E-state index contributed by atoms with van der Waals surface area (Å²) in [5.41, 5.74) is 5.14. The van der Waals surface area contributed by atoms with Crippen LogP contribution < -0.4 is 0 Å². The number of pyridine rings is 2. The zero-order chi connectivity index (χ0) is 22.8. The van der Waals surface area contributed by atoms with Crippen LogP contribution in [-0.2, 0) is 45.7 Å². The van der Waals surface area contributed by atoms with Gasteiger partial charge >= 0.3 is 20.4 Å². The summed E-state index contributed by atoms with van der Waals surface area (Å²) in [5.74, 6) is 0. The van der Waals surface area contributed by atoms with Crippen molar-refractivity contribution in [1.29, 1.82) is 0 Å². The van der Waals surface area contributed by atoms with Crippen LogP contribution in [0, 0.1) is 0 Å². The molecule has 7 heteroatoms. The molecule has 4 rings (SSSR count). The van der Waals surface area contributed by atoms with Gasteiger partial charge in [0.2, 0.25) is 0 Å². The Morgan fingerprint density at radius 3 is 1.27 bits per heavy atom. The van der Waals surface area contributed by atoms with E-state index < -0.39 is 0 Å². The van der Waals surface area contributed by atoms with Crippen molar-refractivity contribution >= 4 is 48.1 Å². The van der Waals surface area contributed by atoms with Gasteiger partial charge in [0, 0.05) is 23.8 Å². The van der Waals surface area contributed by atoms with Crippen LogP contribution in [0.4, 0.5) is 11.4 Å². The summed E-state index contributed by atoms with van der Waals surface area (Å²) < 4.78 is 0. The van der Waals surface area contributed by atoms with E-state index >= 15 is 0 Å². The number of aromatic nitrogens is 2. The molecule has 2 heterocycles. The Morgan fingerprint density at radius 1 is 0.576 bits per heavy atom. The molecule has 0 bridgehead atoms. The van der Waals surface area contributed by atoms with E-state index in [9.17, 15) is 0 Å². The van der Waals surface area contributed by atoms with Gasteiger partial charge < -0.3 is 25.3 Å². The van der Waals surface area contributed by atoms with Crippen LogP contribution in [0.25, 0.3) is 0 Å². The minimum Gasteiger partial charge on any atom is -0.778 e. The summed E-state index contributed by atoms with van der Waals surface area (Å²) >= 11 is 10.4. The Balaban J connectivity index is 0.000000227. The maximum Gasteiger partial charge on any atom is 2.00 e. The molecule has 4 nitrogen and oxygen atoms in total. The van der Waals surface area contributed by atoms with Crippen LogP contribution >= 0.6 is 0 Å². The van der Waals surface area contributed by atoms with Crippen LogP contribution in [-0.4, -0.2) is 21.4 Å². The molecular formula is C26H22N4PdS2. The van der Waals surface area contributed by atoms with Crippen LogP contribution in [0.15, 0.2) is 117 Å². The molecule has 4 aromatic rings. The van der Waals surface area contributed by atoms with Gasteiger partial charge in [-0.15, -0.1) is 9.79 Å². The van der Waals surface area contributed by atoms with Crippen LogP contribution in [0.5, 0.6) is 0 Å². The molecule has 0 saturated heterocycles. The molecule has 0 saturated carbocycles. The molecular weight excluding hydrogens is 539 g/mol. The minimum absolute atomic E-state index is 0. The zero-order valence-electron chi connectivity index (χ0n) is 18.2. The van der Waals surface area contributed by atoms with Crippen molar-refractivity contribution in [1.82, 2.24) is 9.97 Å². The third-order valence-electron chi connectivity index (χ3n) is 4.38. The van der Waals surface area contributed by atoms with E-state index in [1.54, 1.807) is 12.4 Å². The normalized spacial score (nSPS) is 11.1. The smallest absolute Gasteiger partial charge is 0.778 e. The van der Waals surface area contributed by atoms with Gasteiger partial charge in [-0.05, 0) is 50.2 Å². The molecule has 0 radical (unpaired) electrons. The minimum atomic E-state index is 0. The third-order valence-corrected chi connectivity index (χ3v) is 5.07. The molecule has 0 aliphatic carbocycles. The Labute approximate surface area is 219 Å². The largest absolute Gasteiger partial charge is 2.00 e. The SMILES string of the molecule is CC(=Nc1ccccc1[S-])c1ccccn1.CC(=Nc1ccccc1[S-])c1ccccn1.[Pd+2]. The second kappa shape index (κ2) is 13.7. The van der Waals surface area contributed by atoms with Gasteiger partial charge in [0.1, 0.15) is 0 Å². The predicted molar refractivity (Wildman–Crippen MR) is 136 cm³/mol. The molecule has 0 spiro atoms. The maximum atomic E-state index is 5.19. The average Bonchev–Trinajstić information content (AvgIpc) is 2.83. The second-order valence-electron chi connectivity index (χ2n) is 6.76. The second-order valence-corrected chi connectivity index (χ2v) is 7.64. The number of para-hydroxylation sites is 2. The molecule has 2 aromatic heterocycles. The fourth-order valence-electron chi connectivity index (χ4n) is 2.73. The molecule has 0 amide bonds. The molecule has 0 aliphatic rings. The van der Waals surface area contributed by atoms with E-state index in [0.29, 0.717) is 0 Å². The number of hydrogen-bond acceptors (Lipinski definition) is 6. The van der Waals surface area contributed by atoms with Gasteiger partial charge in [0.25, 0.3) is 0 Å². The number of rotatable bonds is 4. The van der Waals surface area contributed by atoms with E-state index in [4.69, 9.17) is 25.3 Å². The van der Waals surface area contributed by atoms with E-state index in [0.717, 1.165) is 44.0 Å². The summed E-state index contributed by atoms with van der Waals surface area (Å²) in [7, 11) is 0. The first-order valence-electron chi connectivity index (χ1n) is 10.00. The van der Waals surface area contributed by atoms with Crippen molar-refractivity contribution in [2.24, 2.45) is 9.98 Å². The fourth-order valence-corrected chi connectivity index (χ4v) is 3.11. The van der Waals surface area contributed by atoms with Crippen LogP contribution in [0.1, 0.15) is 25.2 Å². The van der Waals surface area contributed by atoms with Crippen molar-refractivity contribution in [3.05, 3.63) is 109 Å². The molecule has 0 aliphatic heterocycles. The van der Waals surface area contributed by atoms with E-state index in [2.05, 4.69) is 20.0 Å². The van der Waals surface area contributed by atoms with Gasteiger partial charge in [0.15, 0.2) is 0 Å². The van der Waals surface area contributed by atoms with Crippen LogP contribution in [0.2, 0.25) is 0 Å². The Hall–Kier alpha value is -2.82. The quantitative estimate of drug-likeness (QED) is 0.168. The Kier molecular flexibility index (Phi) is 10.9. The van der Waals surface area contributed by atoms with Gasteiger partial charge in [-0.25, -0.2) is 0 Å². The first kappa shape index (κ1) is 26.4. The van der Waals surface area contributed by atoms with Gasteiger partial charge in [-0.1, -0.05) is 48.5 Å². The van der Waals surface area contributed by atoms with Gasteiger partial charge in [-0.2, -0.15) is 0 Å². The zero-order valence-corrected chi connectivity index (χ0v) is 21.3. The number of nitrogens with zero attached hydrogens (tertiary/aromatic N) is 4. The summed E-state index contributed by atoms with van der Waals surface area (Å²) in [4.78, 5) is 19.0. The Morgan fingerprint density at radius 2 is 0.939 bits per heavy atom. The van der Waals surface area contributed by atoms with E-state index in [1.165, 1.54) is 0 Å². The number of benzene rings is 2. The summed E-state index contributed by atoms with van der Waals surface area (Å²) in [6.45, 7) is 3.87. The molecule has 0 fully saturated rings. The number of aliphatic imine (C=N–C) groups is 2. The van der Waals surface area contributed by atoms with Gasteiger partial charge in [0.05, 0.1) is 22.8 Å². The molecule has 0 N–H and O–H groups in total. The topological polar surface area (TPSA) is 50.5 Å².